The number of anilines is 1. The van der Waals surface area contributed by atoms with Gasteiger partial charge in [0, 0.05) is 11.8 Å². The summed E-state index contributed by atoms with van der Waals surface area (Å²) in [6.07, 6.45) is -0.0342. The van der Waals surface area contributed by atoms with Crippen LogP contribution in [0.1, 0.15) is 29.9 Å². The average Bonchev–Trinajstić information content (AvgIpc) is 3.15. The van der Waals surface area contributed by atoms with Crippen LogP contribution in [0.3, 0.4) is 0 Å². The minimum Gasteiger partial charge on any atom is -0.387 e. The SMILES string of the molecule is CC[C@@]12COC([C@H](n3cc(I)c(NC(=O)c4ccccc4)nc3=O)O1)[C@H]2O. The lowest BCUT2D eigenvalue weighted by Crippen LogP contribution is -2.40. The Labute approximate surface area is 168 Å². The topological polar surface area (TPSA) is 103 Å². The molecule has 2 fully saturated rings. The lowest BCUT2D eigenvalue weighted by atomic mass is 9.96. The molecule has 2 bridgehead atoms. The molecule has 1 amide bonds. The van der Waals surface area contributed by atoms with Crippen LogP contribution < -0.4 is 11.0 Å². The van der Waals surface area contributed by atoms with Crippen LogP contribution in [0.25, 0.3) is 0 Å². The number of amides is 1. The number of rotatable bonds is 4. The van der Waals surface area contributed by atoms with Gasteiger partial charge in [-0.1, -0.05) is 25.1 Å². The van der Waals surface area contributed by atoms with Gasteiger partial charge in [-0.25, -0.2) is 4.79 Å². The summed E-state index contributed by atoms with van der Waals surface area (Å²) in [7, 11) is 0. The molecule has 2 aromatic rings. The Kier molecular flexibility index (Phi) is 4.78. The van der Waals surface area contributed by atoms with Crippen molar-refractivity contribution in [2.75, 3.05) is 11.9 Å². The molecule has 4 atom stereocenters. The second kappa shape index (κ2) is 6.97. The number of benzene rings is 1. The van der Waals surface area contributed by atoms with Gasteiger partial charge < -0.3 is 19.9 Å². The highest BCUT2D eigenvalue weighted by molar-refractivity contribution is 14.1. The van der Waals surface area contributed by atoms with Gasteiger partial charge in [0.05, 0.1) is 10.2 Å². The van der Waals surface area contributed by atoms with E-state index in [-0.39, 0.29) is 11.7 Å². The zero-order valence-electron chi connectivity index (χ0n) is 14.5. The summed E-state index contributed by atoms with van der Waals surface area (Å²) in [6, 6.07) is 8.68. The van der Waals surface area contributed by atoms with Gasteiger partial charge in [-0.05, 0) is 41.1 Å². The molecular formula is C18H18IN3O5. The van der Waals surface area contributed by atoms with E-state index in [9.17, 15) is 14.7 Å². The maximum absolute atomic E-state index is 12.6. The van der Waals surface area contributed by atoms with Crippen LogP contribution in [0.2, 0.25) is 0 Å². The molecule has 2 aliphatic rings. The van der Waals surface area contributed by atoms with Gasteiger partial charge in [-0.2, -0.15) is 4.98 Å². The molecule has 142 valence electrons. The van der Waals surface area contributed by atoms with Crippen molar-refractivity contribution in [1.82, 2.24) is 9.55 Å². The van der Waals surface area contributed by atoms with Gasteiger partial charge in [-0.15, -0.1) is 0 Å². The third-order valence-electron chi connectivity index (χ3n) is 5.05. The standard InChI is InChI=1S/C18H18IN3O5/c1-2-18-9-26-12(13(18)23)16(27-18)22-8-11(19)14(21-17(22)25)20-15(24)10-6-4-3-5-7-10/h3-8,12-13,16,23H,2,9H2,1H3,(H,20,21,24,25)/t12?,13-,16-,18+/m1/s1. The predicted molar refractivity (Wildman–Crippen MR) is 105 cm³/mol. The minimum atomic E-state index is -0.797. The molecule has 3 heterocycles. The van der Waals surface area contributed by atoms with Gasteiger partial charge >= 0.3 is 5.69 Å². The van der Waals surface area contributed by atoms with E-state index in [1.54, 1.807) is 30.5 Å². The van der Waals surface area contributed by atoms with Crippen LogP contribution in [0.4, 0.5) is 5.82 Å². The second-order valence-electron chi connectivity index (χ2n) is 6.59. The molecule has 2 aliphatic heterocycles. The third-order valence-corrected chi connectivity index (χ3v) is 5.84. The Morgan fingerprint density at radius 2 is 2.19 bits per heavy atom. The zero-order chi connectivity index (χ0) is 19.2. The van der Waals surface area contributed by atoms with E-state index in [1.165, 1.54) is 4.57 Å². The van der Waals surface area contributed by atoms with Gasteiger partial charge in [-0.3, -0.25) is 9.36 Å². The highest BCUT2D eigenvalue weighted by Crippen LogP contribution is 2.46. The molecule has 0 saturated carbocycles. The van der Waals surface area contributed by atoms with E-state index >= 15 is 0 Å². The Hall–Kier alpha value is -1.82. The summed E-state index contributed by atoms with van der Waals surface area (Å²) in [5, 5.41) is 13.1. The largest absolute Gasteiger partial charge is 0.387 e. The number of carbonyl (C=O) groups is 1. The average molecular weight is 483 g/mol. The highest BCUT2D eigenvalue weighted by atomic mass is 127. The van der Waals surface area contributed by atoms with Crippen molar-refractivity contribution in [2.24, 2.45) is 0 Å². The quantitative estimate of drug-likeness (QED) is 0.640. The van der Waals surface area contributed by atoms with E-state index in [4.69, 9.17) is 9.47 Å². The number of nitrogens with one attached hydrogen (secondary N) is 1. The van der Waals surface area contributed by atoms with E-state index in [1.807, 2.05) is 35.6 Å². The fourth-order valence-electron chi connectivity index (χ4n) is 3.46. The number of aliphatic hydroxyl groups excluding tert-OH is 1. The first-order valence-electron chi connectivity index (χ1n) is 8.58. The van der Waals surface area contributed by atoms with Crippen LogP contribution >= 0.6 is 22.6 Å². The van der Waals surface area contributed by atoms with E-state index in [2.05, 4.69) is 10.3 Å². The number of hydrogen-bond donors (Lipinski definition) is 2. The van der Waals surface area contributed by atoms with Gasteiger partial charge in [0.15, 0.2) is 12.0 Å². The molecule has 2 saturated heterocycles. The lowest BCUT2D eigenvalue weighted by molar-refractivity contribution is -0.175. The second-order valence-corrected chi connectivity index (χ2v) is 7.76. The number of aromatic nitrogens is 2. The summed E-state index contributed by atoms with van der Waals surface area (Å²) in [6.45, 7) is 2.21. The Morgan fingerprint density at radius 1 is 1.44 bits per heavy atom. The first-order valence-corrected chi connectivity index (χ1v) is 9.65. The molecule has 1 aromatic heterocycles. The third kappa shape index (κ3) is 3.08. The van der Waals surface area contributed by atoms with Crippen molar-refractivity contribution in [3.8, 4) is 0 Å². The fraction of sp³-hybridized carbons (Fsp3) is 0.389. The smallest absolute Gasteiger partial charge is 0.351 e. The van der Waals surface area contributed by atoms with Crippen LogP contribution in [0.15, 0.2) is 41.3 Å². The molecule has 9 heteroatoms. The number of halogens is 1. The maximum Gasteiger partial charge on any atom is 0.351 e. The molecule has 1 unspecified atom stereocenters. The van der Waals surface area contributed by atoms with Crippen molar-refractivity contribution < 1.29 is 19.4 Å². The van der Waals surface area contributed by atoms with Crippen molar-refractivity contribution >= 4 is 34.3 Å². The zero-order valence-corrected chi connectivity index (χ0v) is 16.6. The summed E-state index contributed by atoms with van der Waals surface area (Å²) in [4.78, 5) is 28.8. The Bertz CT molecular complexity index is 934. The van der Waals surface area contributed by atoms with E-state index < -0.39 is 29.7 Å². The predicted octanol–water partition coefficient (Wildman–Crippen LogP) is 1.54. The first-order chi connectivity index (χ1) is 12.9. The van der Waals surface area contributed by atoms with Crippen LogP contribution in [0, 0.1) is 3.57 Å². The fourth-order valence-corrected chi connectivity index (χ4v) is 4.01. The summed E-state index contributed by atoms with van der Waals surface area (Å²) >= 11 is 1.99. The van der Waals surface area contributed by atoms with Gasteiger partial charge in [0.25, 0.3) is 5.91 Å². The molecule has 4 rings (SSSR count). The molecule has 0 aliphatic carbocycles. The molecule has 27 heavy (non-hydrogen) atoms. The Balaban J connectivity index is 1.60. The number of carbonyl (C=O) groups excluding carboxylic acids is 1. The van der Waals surface area contributed by atoms with Gasteiger partial charge in [0.2, 0.25) is 0 Å². The maximum atomic E-state index is 12.6. The van der Waals surface area contributed by atoms with Crippen LogP contribution in [-0.4, -0.2) is 45.0 Å². The van der Waals surface area contributed by atoms with Gasteiger partial charge in [0.1, 0.15) is 17.8 Å². The van der Waals surface area contributed by atoms with Crippen molar-refractivity contribution in [3.63, 3.8) is 0 Å². The molecular weight excluding hydrogens is 465 g/mol. The summed E-state index contributed by atoms with van der Waals surface area (Å²) in [5.74, 6) is -0.168. The number of aliphatic hydroxyl groups is 1. The Morgan fingerprint density at radius 3 is 2.85 bits per heavy atom. The number of fused-ring (bicyclic) bond motifs is 2. The minimum absolute atomic E-state index is 0.181. The van der Waals surface area contributed by atoms with Crippen molar-refractivity contribution in [1.29, 1.82) is 0 Å². The number of nitrogens with zero attached hydrogens (tertiary/aromatic N) is 2. The molecule has 2 N–H and O–H groups in total. The first kappa shape index (κ1) is 18.5. The normalized spacial score (nSPS) is 29.1. The molecule has 0 radical (unpaired) electrons. The molecule has 0 spiro atoms. The molecule has 8 nitrogen and oxygen atoms in total. The lowest BCUT2D eigenvalue weighted by Gasteiger charge is -2.30. The summed E-state index contributed by atoms with van der Waals surface area (Å²) < 4.78 is 13.5. The van der Waals surface area contributed by atoms with Crippen LogP contribution in [0.5, 0.6) is 0 Å². The van der Waals surface area contributed by atoms with Crippen LogP contribution in [-0.2, 0) is 9.47 Å². The van der Waals surface area contributed by atoms with E-state index in [0.29, 0.717) is 22.2 Å². The molecule has 1 aromatic carbocycles. The van der Waals surface area contributed by atoms with E-state index in [0.717, 1.165) is 0 Å². The number of ether oxygens (including phenoxy) is 2. The van der Waals surface area contributed by atoms with Crippen molar-refractivity contribution in [2.45, 2.75) is 37.4 Å². The summed E-state index contributed by atoms with van der Waals surface area (Å²) in [5.41, 5.74) is -0.907. The number of hydrogen-bond acceptors (Lipinski definition) is 6. The van der Waals surface area contributed by atoms with Crippen molar-refractivity contribution in [3.05, 3.63) is 56.1 Å². The monoisotopic (exact) mass is 483 g/mol. The highest BCUT2D eigenvalue weighted by Gasteiger charge is 2.60.